The lowest BCUT2D eigenvalue weighted by molar-refractivity contribution is -0.137. The molecule has 0 spiro atoms. The van der Waals surface area contributed by atoms with Crippen molar-refractivity contribution >= 4 is 18.3 Å². The molecule has 0 radical (unpaired) electrons. The van der Waals surface area contributed by atoms with E-state index >= 15 is 0 Å². The summed E-state index contributed by atoms with van der Waals surface area (Å²) in [6.07, 6.45) is 1.60. The van der Waals surface area contributed by atoms with Gasteiger partial charge in [-0.25, -0.2) is 0 Å². The van der Waals surface area contributed by atoms with E-state index in [0.29, 0.717) is 13.2 Å². The van der Waals surface area contributed by atoms with Crippen molar-refractivity contribution < 1.29 is 14.3 Å². The Labute approximate surface area is 170 Å². The zero-order valence-corrected chi connectivity index (χ0v) is 18.1. The van der Waals surface area contributed by atoms with E-state index in [1.165, 1.54) is 5.56 Å². The van der Waals surface area contributed by atoms with Crippen molar-refractivity contribution in [2.24, 2.45) is 5.41 Å². The zero-order chi connectivity index (χ0) is 19.2. The van der Waals surface area contributed by atoms with Crippen LogP contribution in [0.3, 0.4) is 0 Å². The molecule has 154 valence electrons. The molecule has 0 aromatic heterocycles. The van der Waals surface area contributed by atoms with E-state index in [2.05, 4.69) is 43.5 Å². The Morgan fingerprint density at radius 3 is 2.33 bits per heavy atom. The van der Waals surface area contributed by atoms with Crippen molar-refractivity contribution in [3.8, 4) is 5.75 Å². The van der Waals surface area contributed by atoms with Gasteiger partial charge in [0.1, 0.15) is 12.4 Å². The Morgan fingerprint density at radius 2 is 1.81 bits per heavy atom. The third-order valence-corrected chi connectivity index (χ3v) is 5.06. The lowest BCUT2D eigenvalue weighted by Crippen LogP contribution is -2.52. The maximum absolute atomic E-state index is 12.8. The van der Waals surface area contributed by atoms with Crippen LogP contribution in [-0.4, -0.2) is 45.4 Å². The molecule has 1 heterocycles. The number of rotatable bonds is 7. The molecule has 1 aliphatic heterocycles. The van der Waals surface area contributed by atoms with Crippen LogP contribution in [-0.2, 0) is 14.9 Å². The van der Waals surface area contributed by atoms with Gasteiger partial charge in [-0.1, -0.05) is 32.9 Å². The number of hydrogen-bond acceptors (Lipinski definition) is 4. The standard InChI is InChI=1S/C21H34N2O3.ClH/c1-16(14-26-18-8-6-17(7-9-18)20(2,3)4)23-19(24)21(15-25-5)10-12-22-13-11-21;/h6-9,16,22H,10-15H2,1-5H3,(H,23,24);1H. The topological polar surface area (TPSA) is 59.6 Å². The molecular formula is C21H35ClN2O3. The molecule has 1 saturated heterocycles. The normalized spacial score (nSPS) is 17.5. The van der Waals surface area contributed by atoms with Gasteiger partial charge in [-0.05, 0) is 56.0 Å². The van der Waals surface area contributed by atoms with E-state index < -0.39 is 5.41 Å². The van der Waals surface area contributed by atoms with E-state index in [1.54, 1.807) is 7.11 Å². The SMILES string of the molecule is COCC1(C(=O)NC(C)COc2ccc(C(C)(C)C)cc2)CCNCC1.Cl. The van der Waals surface area contributed by atoms with Gasteiger partial charge in [-0.3, -0.25) is 4.79 Å². The molecule has 1 fully saturated rings. The van der Waals surface area contributed by atoms with Crippen molar-refractivity contribution in [1.29, 1.82) is 0 Å². The van der Waals surface area contributed by atoms with Crippen LogP contribution in [0.4, 0.5) is 0 Å². The Hall–Kier alpha value is -1.30. The second-order valence-corrected chi connectivity index (χ2v) is 8.42. The second kappa shape index (κ2) is 10.3. The Morgan fingerprint density at radius 1 is 1.22 bits per heavy atom. The molecule has 27 heavy (non-hydrogen) atoms. The highest BCUT2D eigenvalue weighted by molar-refractivity contribution is 5.85. The first-order chi connectivity index (χ1) is 12.3. The summed E-state index contributed by atoms with van der Waals surface area (Å²) in [7, 11) is 1.66. The number of nitrogens with one attached hydrogen (secondary N) is 2. The molecular weight excluding hydrogens is 364 g/mol. The van der Waals surface area contributed by atoms with Gasteiger partial charge in [0, 0.05) is 7.11 Å². The minimum Gasteiger partial charge on any atom is -0.491 e. The van der Waals surface area contributed by atoms with Crippen LogP contribution in [0.15, 0.2) is 24.3 Å². The molecule has 6 heteroatoms. The van der Waals surface area contributed by atoms with E-state index in [4.69, 9.17) is 9.47 Å². The summed E-state index contributed by atoms with van der Waals surface area (Å²) in [6.45, 7) is 11.2. The van der Waals surface area contributed by atoms with Gasteiger partial charge in [-0.2, -0.15) is 0 Å². The van der Waals surface area contributed by atoms with Crippen molar-refractivity contribution in [3.63, 3.8) is 0 Å². The lowest BCUT2D eigenvalue weighted by Gasteiger charge is -2.36. The fourth-order valence-corrected chi connectivity index (χ4v) is 3.31. The molecule has 0 bridgehead atoms. The largest absolute Gasteiger partial charge is 0.491 e. The van der Waals surface area contributed by atoms with Gasteiger partial charge < -0.3 is 20.1 Å². The van der Waals surface area contributed by atoms with Crippen molar-refractivity contribution in [3.05, 3.63) is 29.8 Å². The van der Waals surface area contributed by atoms with Crippen LogP contribution in [0, 0.1) is 5.41 Å². The molecule has 1 aromatic rings. The quantitative estimate of drug-likeness (QED) is 0.739. The van der Waals surface area contributed by atoms with Crippen LogP contribution < -0.4 is 15.4 Å². The summed E-state index contributed by atoms with van der Waals surface area (Å²) in [5.41, 5.74) is 0.978. The highest BCUT2D eigenvalue weighted by Gasteiger charge is 2.40. The fourth-order valence-electron chi connectivity index (χ4n) is 3.31. The summed E-state index contributed by atoms with van der Waals surface area (Å²) in [5, 5.41) is 6.42. The average molecular weight is 399 g/mol. The van der Waals surface area contributed by atoms with Crippen LogP contribution in [0.5, 0.6) is 5.75 Å². The van der Waals surface area contributed by atoms with Crippen molar-refractivity contribution in [2.75, 3.05) is 33.4 Å². The maximum Gasteiger partial charge on any atom is 0.228 e. The first kappa shape index (κ1) is 23.7. The summed E-state index contributed by atoms with van der Waals surface area (Å²) < 4.78 is 11.2. The summed E-state index contributed by atoms with van der Waals surface area (Å²) in [4.78, 5) is 12.8. The predicted molar refractivity (Wildman–Crippen MR) is 112 cm³/mol. The molecule has 1 amide bonds. The molecule has 2 N–H and O–H groups in total. The highest BCUT2D eigenvalue weighted by Crippen LogP contribution is 2.29. The third kappa shape index (κ3) is 6.66. The molecule has 0 saturated carbocycles. The summed E-state index contributed by atoms with van der Waals surface area (Å²) >= 11 is 0. The second-order valence-electron chi connectivity index (χ2n) is 8.42. The summed E-state index contributed by atoms with van der Waals surface area (Å²) in [6, 6.07) is 8.12. The predicted octanol–water partition coefficient (Wildman–Crippen LogP) is 3.31. The van der Waals surface area contributed by atoms with Crippen LogP contribution in [0.25, 0.3) is 0 Å². The fraction of sp³-hybridized carbons (Fsp3) is 0.667. The van der Waals surface area contributed by atoms with E-state index in [1.807, 2.05) is 19.1 Å². The lowest BCUT2D eigenvalue weighted by atomic mass is 9.78. The van der Waals surface area contributed by atoms with Crippen molar-refractivity contribution in [2.45, 2.75) is 52.0 Å². The first-order valence-corrected chi connectivity index (χ1v) is 9.51. The van der Waals surface area contributed by atoms with E-state index in [-0.39, 0.29) is 29.8 Å². The number of hydrogen-bond donors (Lipinski definition) is 2. The van der Waals surface area contributed by atoms with E-state index in [0.717, 1.165) is 31.7 Å². The van der Waals surface area contributed by atoms with Gasteiger partial charge in [0.05, 0.1) is 18.1 Å². The third-order valence-electron chi connectivity index (χ3n) is 5.06. The van der Waals surface area contributed by atoms with Crippen LogP contribution >= 0.6 is 12.4 Å². The van der Waals surface area contributed by atoms with Crippen LogP contribution in [0.1, 0.15) is 46.1 Å². The number of amides is 1. The highest BCUT2D eigenvalue weighted by atomic mass is 35.5. The monoisotopic (exact) mass is 398 g/mol. The Kier molecular flexibility index (Phi) is 9.06. The summed E-state index contributed by atoms with van der Waals surface area (Å²) in [5.74, 6) is 0.896. The van der Waals surface area contributed by atoms with E-state index in [9.17, 15) is 4.79 Å². The zero-order valence-electron chi connectivity index (χ0n) is 17.3. The smallest absolute Gasteiger partial charge is 0.228 e. The molecule has 2 rings (SSSR count). The maximum atomic E-state index is 12.8. The molecule has 1 aromatic carbocycles. The molecule has 1 aliphatic rings. The number of methoxy groups -OCH3 is 1. The first-order valence-electron chi connectivity index (χ1n) is 9.51. The minimum absolute atomic E-state index is 0. The van der Waals surface area contributed by atoms with Gasteiger partial charge in [0.2, 0.25) is 5.91 Å². The number of ether oxygens (including phenoxy) is 2. The van der Waals surface area contributed by atoms with Crippen molar-refractivity contribution in [1.82, 2.24) is 10.6 Å². The van der Waals surface area contributed by atoms with Crippen LogP contribution in [0.2, 0.25) is 0 Å². The molecule has 0 aliphatic carbocycles. The van der Waals surface area contributed by atoms with Gasteiger partial charge in [0.15, 0.2) is 0 Å². The molecule has 1 unspecified atom stereocenters. The molecule has 5 nitrogen and oxygen atoms in total. The van der Waals surface area contributed by atoms with Gasteiger partial charge in [0.25, 0.3) is 0 Å². The Bertz CT molecular complexity index is 573. The minimum atomic E-state index is -0.428. The van der Waals surface area contributed by atoms with Gasteiger partial charge in [-0.15, -0.1) is 12.4 Å². The number of piperidine rings is 1. The van der Waals surface area contributed by atoms with Gasteiger partial charge >= 0.3 is 0 Å². The molecule has 1 atom stereocenters. The number of benzene rings is 1. The number of carbonyl (C=O) groups excluding carboxylic acids is 1. The Balaban J connectivity index is 0.00000364. The number of carbonyl (C=O) groups is 1. The average Bonchev–Trinajstić information content (AvgIpc) is 2.60. The number of halogens is 1.